The van der Waals surface area contributed by atoms with Crippen LogP contribution >= 0.6 is 0 Å². The number of halogens is 7. The minimum atomic E-state index is -5.12. The number of benzene rings is 1. The number of anilines is 3. The van der Waals surface area contributed by atoms with Crippen molar-refractivity contribution in [2.45, 2.75) is 56.5 Å². The number of fused-ring (bicyclic) bond motifs is 1. The predicted octanol–water partition coefficient (Wildman–Crippen LogP) is 6.11. The third kappa shape index (κ3) is 5.45. The zero-order chi connectivity index (χ0) is 35.7. The number of hydrogen-bond acceptors (Lipinski definition) is 10. The molecule has 10 nitrogen and oxygen atoms in total. The van der Waals surface area contributed by atoms with Crippen molar-refractivity contribution >= 4 is 28.2 Å². The number of rotatable bonds is 7. The summed E-state index contributed by atoms with van der Waals surface area (Å²) in [6, 6.07) is 3.20. The third-order valence-electron chi connectivity index (χ3n) is 9.98. The second kappa shape index (κ2) is 12.0. The van der Waals surface area contributed by atoms with E-state index in [0.29, 0.717) is 24.6 Å². The zero-order valence-electron chi connectivity index (χ0n) is 27.1. The third-order valence-corrected chi connectivity index (χ3v) is 9.98. The van der Waals surface area contributed by atoms with Gasteiger partial charge in [-0.3, -0.25) is 4.90 Å². The number of nitrogens with zero attached hydrogens (tertiary/aromatic N) is 6. The van der Waals surface area contributed by atoms with E-state index in [2.05, 4.69) is 19.9 Å². The Labute approximate surface area is 281 Å². The Balaban J connectivity index is 1.42. The lowest BCUT2D eigenvalue weighted by atomic mass is 9.90. The highest BCUT2D eigenvalue weighted by Crippen LogP contribution is 2.48. The maximum absolute atomic E-state index is 16.8. The predicted molar refractivity (Wildman–Crippen MR) is 170 cm³/mol. The molecule has 3 aromatic heterocycles. The van der Waals surface area contributed by atoms with Gasteiger partial charge in [-0.2, -0.15) is 23.1 Å². The molecule has 4 aromatic rings. The van der Waals surface area contributed by atoms with E-state index in [1.807, 2.05) is 4.90 Å². The number of pyridine rings is 2. The van der Waals surface area contributed by atoms with Crippen molar-refractivity contribution in [3.05, 3.63) is 52.7 Å². The molecule has 3 atom stereocenters. The van der Waals surface area contributed by atoms with Crippen LogP contribution in [0.15, 0.2) is 24.4 Å². The fourth-order valence-corrected chi connectivity index (χ4v) is 7.64. The Morgan fingerprint density at radius 3 is 2.62 bits per heavy atom. The first-order chi connectivity index (χ1) is 23.7. The molecule has 0 radical (unpaired) electrons. The largest absolute Gasteiger partial charge is 0.475 e. The molecule has 3 aliphatic rings. The van der Waals surface area contributed by atoms with Gasteiger partial charge in [0.25, 0.3) is 0 Å². The molecule has 50 heavy (non-hydrogen) atoms. The van der Waals surface area contributed by atoms with Crippen LogP contribution in [0, 0.1) is 18.6 Å². The molecule has 0 bridgehead atoms. The summed E-state index contributed by atoms with van der Waals surface area (Å²) < 4.78 is 116. The van der Waals surface area contributed by atoms with Crippen molar-refractivity contribution < 1.29 is 40.2 Å². The Morgan fingerprint density at radius 1 is 1.12 bits per heavy atom. The van der Waals surface area contributed by atoms with E-state index in [1.54, 1.807) is 24.0 Å². The smallest absolute Gasteiger partial charge is 0.417 e. The van der Waals surface area contributed by atoms with Crippen molar-refractivity contribution in [2.24, 2.45) is 0 Å². The molecule has 0 unspecified atom stereocenters. The maximum Gasteiger partial charge on any atom is 0.417 e. The molecule has 6 heterocycles. The Hall–Kier alpha value is -4.67. The SMILES string of the molecule is Cc1c(F)c(N)cc(-c2nc3c4c(nc(OC[C@@]56CCCN5C[C@](F)(CF)C6)nc4c2F)N([C@H](C)c2cccnc2N)CCO3)c1C(F)(F)F. The van der Waals surface area contributed by atoms with Gasteiger partial charge in [-0.25, -0.2) is 27.5 Å². The monoisotopic (exact) mass is 706 g/mol. The summed E-state index contributed by atoms with van der Waals surface area (Å²) in [5.74, 6) is -2.57. The summed E-state index contributed by atoms with van der Waals surface area (Å²) in [5.41, 5.74) is 4.51. The lowest BCUT2D eigenvalue weighted by molar-refractivity contribution is -0.137. The molecular formula is C33H33F7N8O2. The second-order valence-corrected chi connectivity index (χ2v) is 13.2. The highest BCUT2D eigenvalue weighted by atomic mass is 19.4. The molecule has 0 aliphatic carbocycles. The van der Waals surface area contributed by atoms with Gasteiger partial charge in [0.05, 0.1) is 29.4 Å². The van der Waals surface area contributed by atoms with Gasteiger partial charge in [0.2, 0.25) is 5.88 Å². The van der Waals surface area contributed by atoms with Crippen molar-refractivity contribution in [3.63, 3.8) is 0 Å². The number of alkyl halides is 5. The highest BCUT2D eigenvalue weighted by Gasteiger charge is 2.56. The van der Waals surface area contributed by atoms with Crippen LogP contribution in [0.1, 0.15) is 48.9 Å². The molecule has 3 aliphatic heterocycles. The summed E-state index contributed by atoms with van der Waals surface area (Å²) >= 11 is 0. The van der Waals surface area contributed by atoms with Crippen LogP contribution < -0.4 is 25.8 Å². The average molecular weight is 707 g/mol. The topological polar surface area (TPSA) is 129 Å². The van der Waals surface area contributed by atoms with E-state index in [4.69, 9.17) is 20.9 Å². The van der Waals surface area contributed by atoms with Gasteiger partial charge < -0.3 is 25.8 Å². The van der Waals surface area contributed by atoms with E-state index < -0.39 is 75.3 Å². The van der Waals surface area contributed by atoms with Gasteiger partial charge in [0.15, 0.2) is 11.5 Å². The van der Waals surface area contributed by atoms with Gasteiger partial charge in [-0.1, -0.05) is 6.07 Å². The Kier molecular flexibility index (Phi) is 8.10. The molecule has 2 fully saturated rings. The second-order valence-electron chi connectivity index (χ2n) is 13.2. The lowest BCUT2D eigenvalue weighted by Crippen LogP contribution is -2.43. The molecular weight excluding hydrogens is 673 g/mol. The van der Waals surface area contributed by atoms with E-state index in [1.165, 1.54) is 6.20 Å². The van der Waals surface area contributed by atoms with E-state index in [-0.39, 0.29) is 61.6 Å². The van der Waals surface area contributed by atoms with Crippen LogP contribution in [0.2, 0.25) is 0 Å². The number of ether oxygens (including phenoxy) is 2. The Bertz CT molecular complexity index is 2000. The van der Waals surface area contributed by atoms with Gasteiger partial charge in [-0.15, -0.1) is 0 Å². The molecule has 266 valence electrons. The summed E-state index contributed by atoms with van der Waals surface area (Å²) in [4.78, 5) is 20.8. The first-order valence-corrected chi connectivity index (χ1v) is 16.0. The summed E-state index contributed by atoms with van der Waals surface area (Å²) in [6.07, 6.45) is -2.50. The van der Waals surface area contributed by atoms with Crippen molar-refractivity contribution in [1.29, 1.82) is 0 Å². The van der Waals surface area contributed by atoms with Gasteiger partial charge in [0, 0.05) is 30.3 Å². The molecule has 1 aromatic carbocycles. The fraction of sp³-hybridized carbons (Fsp3) is 0.455. The highest BCUT2D eigenvalue weighted by molar-refractivity contribution is 5.97. The lowest BCUT2D eigenvalue weighted by Gasteiger charge is -2.32. The number of aromatic nitrogens is 4. The van der Waals surface area contributed by atoms with Crippen molar-refractivity contribution in [1.82, 2.24) is 24.8 Å². The van der Waals surface area contributed by atoms with Gasteiger partial charge >= 0.3 is 12.2 Å². The van der Waals surface area contributed by atoms with Gasteiger partial charge in [0.1, 0.15) is 53.9 Å². The summed E-state index contributed by atoms with van der Waals surface area (Å²) in [7, 11) is 0. The number of nitrogen functional groups attached to an aromatic ring is 2. The minimum Gasteiger partial charge on any atom is -0.475 e. The first-order valence-electron chi connectivity index (χ1n) is 16.0. The fourth-order valence-electron chi connectivity index (χ4n) is 7.64. The van der Waals surface area contributed by atoms with E-state index in [0.717, 1.165) is 13.3 Å². The van der Waals surface area contributed by atoms with Crippen LogP contribution in [-0.2, 0) is 6.18 Å². The molecule has 2 saturated heterocycles. The standard InChI is InChI=1S/C33H33F7N8O2/c1-16-22(33(38,39)40)19(11-20(41)23(16)35)25-24(36)26-21-28(48(9-10-49-29(21)44-25)17(2)18-5-3-7-43-27(18)42)46-30(45-26)50-15-32-6-4-8-47(32)14-31(37,12-32)13-34/h3,5,7,11,17H,4,6,8-10,12-15,41H2,1-2H3,(H2,42,43)/t17-,31-,32+/m1/s1. The maximum atomic E-state index is 16.8. The molecule has 4 N–H and O–H groups in total. The normalized spacial score (nSPS) is 22.8. The molecule has 0 saturated carbocycles. The minimum absolute atomic E-state index is 0.0625. The quantitative estimate of drug-likeness (QED) is 0.172. The van der Waals surface area contributed by atoms with Crippen LogP contribution in [0.5, 0.6) is 11.9 Å². The van der Waals surface area contributed by atoms with Gasteiger partial charge in [-0.05, 0) is 50.9 Å². The van der Waals surface area contributed by atoms with Crippen molar-refractivity contribution in [3.8, 4) is 23.1 Å². The van der Waals surface area contributed by atoms with Crippen molar-refractivity contribution in [2.75, 3.05) is 55.9 Å². The first kappa shape index (κ1) is 33.8. The summed E-state index contributed by atoms with van der Waals surface area (Å²) in [6.45, 7) is 1.85. The van der Waals surface area contributed by atoms with E-state index in [9.17, 15) is 22.0 Å². The van der Waals surface area contributed by atoms with E-state index >= 15 is 8.78 Å². The number of nitrogens with two attached hydrogens (primary N) is 2. The summed E-state index contributed by atoms with van der Waals surface area (Å²) in [5, 5.41) is -0.0625. The molecule has 0 spiro atoms. The molecule has 7 rings (SSSR count). The molecule has 0 amide bonds. The van der Waals surface area contributed by atoms with Crippen LogP contribution in [0.3, 0.4) is 0 Å². The van der Waals surface area contributed by atoms with Crippen LogP contribution in [0.25, 0.3) is 22.2 Å². The number of hydrogen-bond donors (Lipinski definition) is 2. The zero-order valence-corrected chi connectivity index (χ0v) is 27.1. The average Bonchev–Trinajstić information content (AvgIpc) is 3.50. The van der Waals surface area contributed by atoms with Crippen LogP contribution in [-0.4, -0.2) is 75.6 Å². The Morgan fingerprint density at radius 2 is 1.90 bits per heavy atom. The molecule has 17 heteroatoms. The van der Waals surface area contributed by atoms with Crippen LogP contribution in [0.4, 0.5) is 48.1 Å².